The van der Waals surface area contributed by atoms with Gasteiger partial charge in [-0.3, -0.25) is 14.4 Å². The van der Waals surface area contributed by atoms with Crippen LogP contribution in [-0.4, -0.2) is 48.3 Å². The van der Waals surface area contributed by atoms with Gasteiger partial charge in [0, 0.05) is 7.05 Å². The number of fused-ring (bicyclic) bond motifs is 1. The molecule has 3 aliphatic heterocycles. The van der Waals surface area contributed by atoms with E-state index in [9.17, 15) is 19.2 Å². The number of carbonyl (C=O) groups is 4. The maximum absolute atomic E-state index is 13.1. The minimum Gasteiger partial charge on any atom is -0.467 e. The SMILES string of the molecule is COC(=O)[C@@]12C=C[C@@H](C(=O)N1C)[C@H]1C(=O)N(c3ccccc3)C(=O)[C@H]12. The average molecular weight is 340 g/mol. The van der Waals surface area contributed by atoms with Crippen molar-refractivity contribution < 1.29 is 23.9 Å². The monoisotopic (exact) mass is 340 g/mol. The number of benzene rings is 1. The Kier molecular flexibility index (Phi) is 3.12. The van der Waals surface area contributed by atoms with Gasteiger partial charge in [0.15, 0.2) is 5.54 Å². The highest BCUT2D eigenvalue weighted by Crippen LogP contribution is 2.52. The Bertz CT molecular complexity index is 833. The third-order valence-corrected chi connectivity index (χ3v) is 5.47. The molecule has 1 aliphatic carbocycles. The lowest BCUT2D eigenvalue weighted by Gasteiger charge is -2.51. The first-order valence-electron chi connectivity index (χ1n) is 7.93. The smallest absolute Gasteiger partial charge is 0.336 e. The zero-order chi connectivity index (χ0) is 17.9. The van der Waals surface area contributed by atoms with Gasteiger partial charge in [-0.1, -0.05) is 30.4 Å². The van der Waals surface area contributed by atoms with Gasteiger partial charge in [0.25, 0.3) is 0 Å². The van der Waals surface area contributed by atoms with Gasteiger partial charge < -0.3 is 9.64 Å². The Labute approximate surface area is 143 Å². The van der Waals surface area contributed by atoms with Crippen LogP contribution in [0.15, 0.2) is 42.5 Å². The van der Waals surface area contributed by atoms with Crippen LogP contribution in [0.1, 0.15) is 0 Å². The second-order valence-electron chi connectivity index (χ2n) is 6.45. The Morgan fingerprint density at radius 3 is 2.40 bits per heavy atom. The fourth-order valence-corrected chi connectivity index (χ4v) is 4.28. The molecule has 7 nitrogen and oxygen atoms in total. The Hall–Kier alpha value is -2.96. The molecule has 2 fully saturated rings. The summed E-state index contributed by atoms with van der Waals surface area (Å²) in [6.07, 6.45) is 3.09. The van der Waals surface area contributed by atoms with Crippen molar-refractivity contribution in [3.8, 4) is 0 Å². The standard InChI is InChI=1S/C18H16N2O5/c1-19-14(21)11-8-9-18(19,17(24)25-2)13-12(11)15(22)20(16(13)23)10-6-4-3-5-7-10/h3-9,11-13H,1-2H3/t11-,12-,13+,18+/m1/s1. The number of amides is 3. The Balaban J connectivity index is 1.90. The van der Waals surface area contributed by atoms with Gasteiger partial charge in [0.05, 0.1) is 30.6 Å². The van der Waals surface area contributed by atoms with Crippen molar-refractivity contribution in [1.82, 2.24) is 4.90 Å². The van der Waals surface area contributed by atoms with E-state index in [2.05, 4.69) is 0 Å². The Morgan fingerprint density at radius 1 is 1.08 bits per heavy atom. The highest BCUT2D eigenvalue weighted by Gasteiger charge is 2.71. The number of imide groups is 1. The molecule has 0 spiro atoms. The number of methoxy groups -OCH3 is 1. The van der Waals surface area contributed by atoms with Crippen LogP contribution in [-0.2, 0) is 23.9 Å². The lowest BCUT2D eigenvalue weighted by atomic mass is 9.62. The molecule has 4 aliphatic rings. The summed E-state index contributed by atoms with van der Waals surface area (Å²) in [5.41, 5.74) is -1.15. The summed E-state index contributed by atoms with van der Waals surface area (Å²) in [7, 11) is 2.67. The molecule has 2 saturated heterocycles. The van der Waals surface area contributed by atoms with Crippen LogP contribution in [0.4, 0.5) is 5.69 Å². The number of rotatable bonds is 2. The Morgan fingerprint density at radius 2 is 1.76 bits per heavy atom. The summed E-state index contributed by atoms with van der Waals surface area (Å²) >= 11 is 0. The molecular weight excluding hydrogens is 324 g/mol. The molecule has 1 aromatic rings. The minimum absolute atomic E-state index is 0.356. The molecule has 0 saturated carbocycles. The molecule has 0 unspecified atom stereocenters. The van der Waals surface area contributed by atoms with E-state index in [1.165, 1.54) is 25.1 Å². The fourth-order valence-electron chi connectivity index (χ4n) is 4.28. The van der Waals surface area contributed by atoms with Crippen molar-refractivity contribution in [2.24, 2.45) is 17.8 Å². The number of piperidine rings is 1. The van der Waals surface area contributed by atoms with Crippen molar-refractivity contribution in [1.29, 1.82) is 0 Å². The number of hydrogen-bond acceptors (Lipinski definition) is 5. The van der Waals surface area contributed by atoms with Crippen LogP contribution in [0.3, 0.4) is 0 Å². The molecular formula is C18H16N2O5. The summed E-state index contributed by atoms with van der Waals surface area (Å²) in [6, 6.07) is 8.52. The number of hydrogen-bond donors (Lipinski definition) is 0. The second-order valence-corrected chi connectivity index (χ2v) is 6.45. The largest absolute Gasteiger partial charge is 0.467 e. The first-order valence-corrected chi connectivity index (χ1v) is 7.93. The summed E-state index contributed by atoms with van der Waals surface area (Å²) in [5, 5.41) is 0. The normalized spacial score (nSPS) is 33.0. The number of anilines is 1. The molecule has 0 radical (unpaired) electrons. The average Bonchev–Trinajstić information content (AvgIpc) is 2.91. The number of nitrogens with zero attached hydrogens (tertiary/aromatic N) is 2. The first kappa shape index (κ1) is 15.6. The van der Waals surface area contributed by atoms with Gasteiger partial charge in [-0.25, -0.2) is 9.69 Å². The summed E-state index contributed by atoms with van der Waals surface area (Å²) in [4.78, 5) is 53.7. The molecule has 7 heteroatoms. The van der Waals surface area contributed by atoms with Gasteiger partial charge in [-0.05, 0) is 12.1 Å². The van der Waals surface area contributed by atoms with Crippen LogP contribution < -0.4 is 4.90 Å². The van der Waals surface area contributed by atoms with Crippen LogP contribution in [0.5, 0.6) is 0 Å². The van der Waals surface area contributed by atoms with Crippen LogP contribution >= 0.6 is 0 Å². The van der Waals surface area contributed by atoms with Crippen molar-refractivity contribution in [3.05, 3.63) is 42.5 Å². The van der Waals surface area contributed by atoms with Gasteiger partial charge >= 0.3 is 5.97 Å². The van der Waals surface area contributed by atoms with Crippen molar-refractivity contribution in [2.75, 3.05) is 19.1 Å². The van der Waals surface area contributed by atoms with E-state index in [4.69, 9.17) is 4.74 Å². The number of likely N-dealkylation sites (N-methyl/N-ethyl adjacent to an activating group) is 1. The van der Waals surface area contributed by atoms with E-state index < -0.39 is 41.1 Å². The molecule has 25 heavy (non-hydrogen) atoms. The van der Waals surface area contributed by atoms with Gasteiger partial charge in [-0.15, -0.1) is 0 Å². The predicted molar refractivity (Wildman–Crippen MR) is 86.1 cm³/mol. The van der Waals surface area contributed by atoms with Gasteiger partial charge in [0.2, 0.25) is 17.7 Å². The lowest BCUT2D eigenvalue weighted by molar-refractivity contribution is -0.173. The molecule has 3 heterocycles. The van der Waals surface area contributed by atoms with E-state index in [1.807, 2.05) is 0 Å². The van der Waals surface area contributed by atoms with E-state index >= 15 is 0 Å². The van der Waals surface area contributed by atoms with Crippen LogP contribution in [0, 0.1) is 17.8 Å². The van der Waals surface area contributed by atoms with Crippen LogP contribution in [0.2, 0.25) is 0 Å². The van der Waals surface area contributed by atoms with E-state index in [1.54, 1.807) is 36.4 Å². The number of carbonyl (C=O) groups excluding carboxylic acids is 4. The molecule has 4 atom stereocenters. The van der Waals surface area contributed by atoms with Crippen LogP contribution in [0.25, 0.3) is 0 Å². The summed E-state index contributed by atoms with van der Waals surface area (Å²) in [6.45, 7) is 0. The molecule has 0 N–H and O–H groups in total. The quantitative estimate of drug-likeness (QED) is 0.441. The topological polar surface area (TPSA) is 84.0 Å². The van der Waals surface area contributed by atoms with Gasteiger partial charge in [0.1, 0.15) is 0 Å². The second kappa shape index (κ2) is 5.02. The predicted octanol–water partition coefficient (Wildman–Crippen LogP) is 0.362. The maximum atomic E-state index is 13.1. The highest BCUT2D eigenvalue weighted by atomic mass is 16.5. The highest BCUT2D eigenvalue weighted by molar-refractivity contribution is 6.26. The summed E-state index contributed by atoms with van der Waals surface area (Å²) in [5.74, 6) is -4.63. The van der Waals surface area contributed by atoms with Crippen molar-refractivity contribution in [2.45, 2.75) is 5.54 Å². The first-order chi connectivity index (χ1) is 11.9. The number of esters is 1. The molecule has 2 bridgehead atoms. The van der Waals surface area contributed by atoms with Crippen molar-refractivity contribution in [3.63, 3.8) is 0 Å². The zero-order valence-electron chi connectivity index (χ0n) is 13.7. The van der Waals surface area contributed by atoms with E-state index in [0.717, 1.165) is 4.90 Å². The summed E-state index contributed by atoms with van der Waals surface area (Å²) < 4.78 is 4.89. The van der Waals surface area contributed by atoms with E-state index in [0.29, 0.717) is 5.69 Å². The molecule has 3 amide bonds. The fraction of sp³-hybridized carbons (Fsp3) is 0.333. The molecule has 128 valence electrons. The third kappa shape index (κ3) is 1.70. The van der Waals surface area contributed by atoms with Gasteiger partial charge in [-0.2, -0.15) is 0 Å². The van der Waals surface area contributed by atoms with E-state index in [-0.39, 0.29) is 5.91 Å². The number of para-hydroxylation sites is 1. The molecule has 1 aromatic carbocycles. The number of ether oxygens (including phenoxy) is 1. The minimum atomic E-state index is -1.58. The lowest BCUT2D eigenvalue weighted by Crippen LogP contribution is -2.70. The zero-order valence-corrected chi connectivity index (χ0v) is 13.7. The molecule has 0 aromatic heterocycles. The van der Waals surface area contributed by atoms with Crippen molar-refractivity contribution >= 4 is 29.4 Å². The maximum Gasteiger partial charge on any atom is 0.336 e. The third-order valence-electron chi connectivity index (χ3n) is 5.47. The molecule has 5 rings (SSSR count).